The molecular weight excluding hydrogens is 307 g/mol. The number of halogens is 4. The molecular formula is C13H17BrF3N. The summed E-state index contributed by atoms with van der Waals surface area (Å²) in [5, 5.41) is 3.12. The van der Waals surface area contributed by atoms with Gasteiger partial charge in [-0.3, -0.25) is 0 Å². The van der Waals surface area contributed by atoms with Gasteiger partial charge in [-0.05, 0) is 31.0 Å². The zero-order chi connectivity index (χ0) is 13.9. The maximum Gasteiger partial charge on any atom is 0.416 e. The fourth-order valence-corrected chi connectivity index (χ4v) is 2.09. The molecule has 1 nitrogen and oxygen atoms in total. The Morgan fingerprint density at radius 2 is 1.83 bits per heavy atom. The van der Waals surface area contributed by atoms with Crippen LogP contribution in [0.1, 0.15) is 32.8 Å². The standard InChI is InChI=1S/C13H17BrF3N/c1-4-8(2)9(3)18-12-6-10(13(15,16)17)5-11(14)7-12/h5-9,18H,4H2,1-3H3. The molecule has 0 aromatic heterocycles. The van der Waals surface area contributed by atoms with Crippen molar-refractivity contribution in [2.24, 2.45) is 5.92 Å². The lowest BCUT2D eigenvalue weighted by molar-refractivity contribution is -0.137. The lowest BCUT2D eigenvalue weighted by Crippen LogP contribution is -2.23. The van der Waals surface area contributed by atoms with Crippen molar-refractivity contribution in [3.05, 3.63) is 28.2 Å². The quantitative estimate of drug-likeness (QED) is 0.791. The van der Waals surface area contributed by atoms with Crippen LogP contribution in [0.5, 0.6) is 0 Å². The van der Waals surface area contributed by atoms with Crippen LogP contribution in [0, 0.1) is 5.92 Å². The number of alkyl halides is 3. The molecule has 0 aliphatic heterocycles. The van der Waals surface area contributed by atoms with Crippen molar-refractivity contribution in [1.29, 1.82) is 0 Å². The summed E-state index contributed by atoms with van der Waals surface area (Å²) in [6, 6.07) is 4.02. The second-order valence-electron chi connectivity index (χ2n) is 4.54. The summed E-state index contributed by atoms with van der Waals surface area (Å²) in [6.45, 7) is 6.10. The molecule has 5 heteroatoms. The summed E-state index contributed by atoms with van der Waals surface area (Å²) in [5.74, 6) is 0.401. The van der Waals surface area contributed by atoms with Crippen molar-refractivity contribution in [2.45, 2.75) is 39.4 Å². The summed E-state index contributed by atoms with van der Waals surface area (Å²) in [6.07, 6.45) is -3.34. The molecule has 0 heterocycles. The molecule has 2 unspecified atom stereocenters. The number of nitrogens with one attached hydrogen (secondary N) is 1. The third-order valence-corrected chi connectivity index (χ3v) is 3.57. The molecule has 1 aromatic carbocycles. The topological polar surface area (TPSA) is 12.0 Å². The van der Waals surface area contributed by atoms with E-state index in [1.165, 1.54) is 0 Å². The van der Waals surface area contributed by atoms with E-state index in [9.17, 15) is 13.2 Å². The predicted molar refractivity (Wildman–Crippen MR) is 71.7 cm³/mol. The third-order valence-electron chi connectivity index (χ3n) is 3.12. The maximum absolute atomic E-state index is 12.7. The van der Waals surface area contributed by atoms with Gasteiger partial charge >= 0.3 is 6.18 Å². The Morgan fingerprint density at radius 1 is 1.22 bits per heavy atom. The second-order valence-corrected chi connectivity index (χ2v) is 5.46. The van der Waals surface area contributed by atoms with Crippen molar-refractivity contribution < 1.29 is 13.2 Å². The fraction of sp³-hybridized carbons (Fsp3) is 0.538. The highest BCUT2D eigenvalue weighted by Gasteiger charge is 2.31. The number of hydrogen-bond acceptors (Lipinski definition) is 1. The Balaban J connectivity index is 2.94. The molecule has 0 amide bonds. The van der Waals surface area contributed by atoms with Gasteiger partial charge in [-0.15, -0.1) is 0 Å². The van der Waals surface area contributed by atoms with Gasteiger partial charge in [-0.1, -0.05) is 36.2 Å². The van der Waals surface area contributed by atoms with E-state index < -0.39 is 11.7 Å². The maximum atomic E-state index is 12.7. The Hall–Kier alpha value is -0.710. The molecule has 1 aromatic rings. The van der Waals surface area contributed by atoms with Crippen LogP contribution >= 0.6 is 15.9 Å². The van der Waals surface area contributed by atoms with E-state index in [1.807, 2.05) is 6.92 Å². The second kappa shape index (κ2) is 5.95. The van der Waals surface area contributed by atoms with Crippen LogP contribution in [-0.2, 0) is 6.18 Å². The highest BCUT2D eigenvalue weighted by Crippen LogP contribution is 2.33. The summed E-state index contributed by atoms with van der Waals surface area (Å²) >= 11 is 3.11. The molecule has 2 atom stereocenters. The monoisotopic (exact) mass is 323 g/mol. The smallest absolute Gasteiger partial charge is 0.382 e. The minimum atomic E-state index is -4.32. The Labute approximate surface area is 114 Å². The number of benzene rings is 1. The van der Waals surface area contributed by atoms with E-state index in [0.717, 1.165) is 18.6 Å². The van der Waals surface area contributed by atoms with E-state index in [-0.39, 0.29) is 6.04 Å². The van der Waals surface area contributed by atoms with Gasteiger partial charge in [0.05, 0.1) is 5.56 Å². The van der Waals surface area contributed by atoms with Crippen molar-refractivity contribution in [3.8, 4) is 0 Å². The molecule has 0 saturated carbocycles. The van der Waals surface area contributed by atoms with E-state index in [0.29, 0.717) is 16.1 Å². The Bertz CT molecular complexity index is 404. The predicted octanol–water partition coefficient (Wildman–Crippen LogP) is 5.31. The highest BCUT2D eigenvalue weighted by atomic mass is 79.9. The minimum absolute atomic E-state index is 0.130. The number of hydrogen-bond donors (Lipinski definition) is 1. The van der Waals surface area contributed by atoms with Gasteiger partial charge in [0.1, 0.15) is 0 Å². The van der Waals surface area contributed by atoms with Gasteiger partial charge in [0.2, 0.25) is 0 Å². The van der Waals surface area contributed by atoms with Crippen LogP contribution in [0.25, 0.3) is 0 Å². The average Bonchev–Trinajstić information content (AvgIpc) is 2.25. The lowest BCUT2D eigenvalue weighted by atomic mass is 10.0. The summed E-state index contributed by atoms with van der Waals surface area (Å²) < 4.78 is 38.4. The zero-order valence-electron chi connectivity index (χ0n) is 10.6. The molecule has 0 spiro atoms. The van der Waals surface area contributed by atoms with Gasteiger partial charge in [0, 0.05) is 16.2 Å². The molecule has 0 saturated heterocycles. The van der Waals surface area contributed by atoms with Crippen LogP contribution in [-0.4, -0.2) is 6.04 Å². The first-order valence-electron chi connectivity index (χ1n) is 5.88. The molecule has 0 fully saturated rings. The third kappa shape index (κ3) is 4.19. The molecule has 102 valence electrons. The fourth-order valence-electron chi connectivity index (χ4n) is 1.60. The average molecular weight is 324 g/mol. The van der Waals surface area contributed by atoms with E-state index in [4.69, 9.17) is 0 Å². The first-order chi connectivity index (χ1) is 8.24. The van der Waals surface area contributed by atoms with Gasteiger partial charge in [-0.2, -0.15) is 13.2 Å². The first kappa shape index (κ1) is 15.3. The van der Waals surface area contributed by atoms with Crippen molar-refractivity contribution in [2.75, 3.05) is 5.32 Å². The van der Waals surface area contributed by atoms with E-state index in [2.05, 4.69) is 35.1 Å². The molecule has 1 rings (SSSR count). The summed E-state index contributed by atoms with van der Waals surface area (Å²) in [4.78, 5) is 0. The first-order valence-corrected chi connectivity index (χ1v) is 6.67. The zero-order valence-corrected chi connectivity index (χ0v) is 12.2. The van der Waals surface area contributed by atoms with E-state index in [1.54, 1.807) is 6.07 Å². The molecule has 0 aliphatic rings. The van der Waals surface area contributed by atoms with Crippen molar-refractivity contribution >= 4 is 21.6 Å². The highest BCUT2D eigenvalue weighted by molar-refractivity contribution is 9.10. The summed E-state index contributed by atoms with van der Waals surface area (Å²) in [5.41, 5.74) is -0.153. The number of anilines is 1. The Kier molecular flexibility index (Phi) is 5.08. The van der Waals surface area contributed by atoms with Gasteiger partial charge in [0.25, 0.3) is 0 Å². The molecule has 18 heavy (non-hydrogen) atoms. The molecule has 1 N–H and O–H groups in total. The van der Waals surface area contributed by atoms with Crippen LogP contribution in [0.3, 0.4) is 0 Å². The van der Waals surface area contributed by atoms with E-state index >= 15 is 0 Å². The molecule has 0 aliphatic carbocycles. The molecule has 0 bridgehead atoms. The van der Waals surface area contributed by atoms with Gasteiger partial charge in [0.15, 0.2) is 0 Å². The van der Waals surface area contributed by atoms with Crippen molar-refractivity contribution in [1.82, 2.24) is 0 Å². The van der Waals surface area contributed by atoms with Crippen LogP contribution < -0.4 is 5.32 Å². The van der Waals surface area contributed by atoms with Gasteiger partial charge < -0.3 is 5.32 Å². The van der Waals surface area contributed by atoms with Crippen LogP contribution in [0.2, 0.25) is 0 Å². The SMILES string of the molecule is CCC(C)C(C)Nc1cc(Br)cc(C(F)(F)F)c1. The van der Waals surface area contributed by atoms with Crippen LogP contribution in [0.15, 0.2) is 22.7 Å². The van der Waals surface area contributed by atoms with Crippen molar-refractivity contribution in [3.63, 3.8) is 0 Å². The van der Waals surface area contributed by atoms with Gasteiger partial charge in [-0.25, -0.2) is 0 Å². The lowest BCUT2D eigenvalue weighted by Gasteiger charge is -2.22. The minimum Gasteiger partial charge on any atom is -0.382 e. The largest absolute Gasteiger partial charge is 0.416 e. The summed E-state index contributed by atoms with van der Waals surface area (Å²) in [7, 11) is 0. The number of rotatable bonds is 4. The van der Waals surface area contributed by atoms with Crippen LogP contribution in [0.4, 0.5) is 18.9 Å². The Morgan fingerprint density at radius 3 is 2.33 bits per heavy atom. The molecule has 0 radical (unpaired) electrons. The normalized spacial score (nSPS) is 15.3.